The first-order chi connectivity index (χ1) is 8.74. The highest BCUT2D eigenvalue weighted by Gasteiger charge is 2.27. The largest absolute Gasteiger partial charge is 0.461 e. The molecule has 3 heterocycles. The summed E-state index contributed by atoms with van der Waals surface area (Å²) in [7, 11) is 0. The standard InChI is InChI=1S/C12H12N2O4/c15-8-3-4-14(7-8)12(16)9-6-11(18-13-9)10-2-1-5-17-10/h1-2,5-6,8,15H,3-4,7H2/t8-/m0/s1. The third-order valence-corrected chi connectivity index (χ3v) is 2.94. The number of carbonyl (C=O) groups excluding carboxylic acids is 1. The van der Waals surface area contributed by atoms with E-state index in [9.17, 15) is 9.90 Å². The van der Waals surface area contributed by atoms with Crippen molar-refractivity contribution >= 4 is 5.91 Å². The molecule has 1 amide bonds. The Balaban J connectivity index is 1.79. The van der Waals surface area contributed by atoms with Crippen LogP contribution in [-0.2, 0) is 0 Å². The minimum Gasteiger partial charge on any atom is -0.461 e. The molecule has 0 saturated carbocycles. The molecule has 2 aromatic heterocycles. The van der Waals surface area contributed by atoms with Crippen LogP contribution in [0.1, 0.15) is 16.9 Å². The third kappa shape index (κ3) is 1.91. The summed E-state index contributed by atoms with van der Waals surface area (Å²) in [6, 6.07) is 5.01. The van der Waals surface area contributed by atoms with Gasteiger partial charge in [-0.15, -0.1) is 0 Å². The van der Waals surface area contributed by atoms with Crippen LogP contribution in [-0.4, -0.2) is 40.3 Å². The molecule has 0 unspecified atom stereocenters. The lowest BCUT2D eigenvalue weighted by atomic mass is 10.3. The van der Waals surface area contributed by atoms with Crippen LogP contribution in [0.3, 0.4) is 0 Å². The van der Waals surface area contributed by atoms with Crippen LogP contribution in [0.15, 0.2) is 33.4 Å². The van der Waals surface area contributed by atoms with Crippen molar-refractivity contribution in [3.63, 3.8) is 0 Å². The molecular formula is C12H12N2O4. The van der Waals surface area contributed by atoms with E-state index in [0.29, 0.717) is 31.0 Å². The summed E-state index contributed by atoms with van der Waals surface area (Å²) >= 11 is 0. The molecule has 6 heteroatoms. The van der Waals surface area contributed by atoms with Gasteiger partial charge < -0.3 is 18.9 Å². The van der Waals surface area contributed by atoms with Gasteiger partial charge in [0.15, 0.2) is 11.5 Å². The van der Waals surface area contributed by atoms with Crippen molar-refractivity contribution in [1.82, 2.24) is 10.1 Å². The summed E-state index contributed by atoms with van der Waals surface area (Å²) in [4.78, 5) is 13.6. The lowest BCUT2D eigenvalue weighted by Crippen LogP contribution is -2.29. The molecule has 18 heavy (non-hydrogen) atoms. The van der Waals surface area contributed by atoms with Gasteiger partial charge in [0, 0.05) is 19.2 Å². The average molecular weight is 248 g/mol. The maximum atomic E-state index is 12.0. The first kappa shape index (κ1) is 11.0. The number of rotatable bonds is 2. The minimum atomic E-state index is -0.439. The average Bonchev–Trinajstić information content (AvgIpc) is 3.09. The van der Waals surface area contributed by atoms with E-state index in [1.165, 1.54) is 6.26 Å². The van der Waals surface area contributed by atoms with Gasteiger partial charge in [0.1, 0.15) is 0 Å². The molecule has 1 fully saturated rings. The van der Waals surface area contributed by atoms with E-state index in [1.807, 2.05) is 0 Å². The summed E-state index contributed by atoms with van der Waals surface area (Å²) in [5.74, 6) is 0.721. The molecule has 2 aromatic rings. The van der Waals surface area contributed by atoms with Crippen LogP contribution in [0.25, 0.3) is 11.5 Å². The number of carbonyl (C=O) groups is 1. The minimum absolute atomic E-state index is 0.229. The summed E-state index contributed by atoms with van der Waals surface area (Å²) in [5, 5.41) is 13.1. The van der Waals surface area contributed by atoms with E-state index in [2.05, 4.69) is 5.16 Å². The van der Waals surface area contributed by atoms with Crippen LogP contribution in [0, 0.1) is 0 Å². The van der Waals surface area contributed by atoms with Crippen molar-refractivity contribution in [3.8, 4) is 11.5 Å². The molecule has 1 N–H and O–H groups in total. The Labute approximate surface area is 103 Å². The number of hydrogen-bond acceptors (Lipinski definition) is 5. The summed E-state index contributed by atoms with van der Waals surface area (Å²) in [6.07, 6.45) is 1.69. The summed E-state index contributed by atoms with van der Waals surface area (Å²) in [5.41, 5.74) is 0.232. The number of aliphatic hydroxyl groups excluding tert-OH is 1. The molecule has 0 radical (unpaired) electrons. The summed E-state index contributed by atoms with van der Waals surface area (Å²) < 4.78 is 10.2. The summed E-state index contributed by atoms with van der Waals surface area (Å²) in [6.45, 7) is 0.894. The van der Waals surface area contributed by atoms with Gasteiger partial charge in [0.25, 0.3) is 5.91 Å². The first-order valence-electron chi connectivity index (χ1n) is 5.72. The Bertz CT molecular complexity index is 546. The molecule has 1 aliphatic rings. The van der Waals surface area contributed by atoms with Gasteiger partial charge in [0.2, 0.25) is 5.76 Å². The quantitative estimate of drug-likeness (QED) is 0.862. The molecule has 0 bridgehead atoms. The molecular weight excluding hydrogens is 236 g/mol. The number of nitrogens with zero attached hydrogens (tertiary/aromatic N) is 2. The number of likely N-dealkylation sites (tertiary alicyclic amines) is 1. The van der Waals surface area contributed by atoms with Crippen molar-refractivity contribution in [2.75, 3.05) is 13.1 Å². The zero-order valence-corrected chi connectivity index (χ0v) is 9.57. The monoisotopic (exact) mass is 248 g/mol. The number of furan rings is 1. The highest BCUT2D eigenvalue weighted by molar-refractivity contribution is 5.93. The molecule has 0 aliphatic carbocycles. The fraction of sp³-hybridized carbons (Fsp3) is 0.333. The normalized spacial score (nSPS) is 19.4. The van der Waals surface area contributed by atoms with Gasteiger partial charge >= 0.3 is 0 Å². The lowest BCUT2D eigenvalue weighted by Gasteiger charge is -2.12. The van der Waals surface area contributed by atoms with Crippen LogP contribution >= 0.6 is 0 Å². The smallest absolute Gasteiger partial charge is 0.276 e. The second-order valence-corrected chi connectivity index (χ2v) is 4.25. The van der Waals surface area contributed by atoms with E-state index in [1.54, 1.807) is 23.1 Å². The molecule has 3 rings (SSSR count). The number of aromatic nitrogens is 1. The maximum Gasteiger partial charge on any atom is 0.276 e. The van der Waals surface area contributed by atoms with Crippen molar-refractivity contribution < 1.29 is 18.8 Å². The van der Waals surface area contributed by atoms with Crippen LogP contribution < -0.4 is 0 Å². The van der Waals surface area contributed by atoms with Gasteiger partial charge in [-0.2, -0.15) is 0 Å². The molecule has 1 atom stereocenters. The van der Waals surface area contributed by atoms with Gasteiger partial charge in [-0.05, 0) is 18.6 Å². The molecule has 1 saturated heterocycles. The zero-order chi connectivity index (χ0) is 12.5. The maximum absolute atomic E-state index is 12.0. The Morgan fingerprint density at radius 1 is 1.50 bits per heavy atom. The van der Waals surface area contributed by atoms with Crippen molar-refractivity contribution in [2.45, 2.75) is 12.5 Å². The van der Waals surface area contributed by atoms with Gasteiger partial charge in [0.05, 0.1) is 12.4 Å². The first-order valence-corrected chi connectivity index (χ1v) is 5.72. The van der Waals surface area contributed by atoms with E-state index >= 15 is 0 Å². The fourth-order valence-corrected chi connectivity index (χ4v) is 2.00. The predicted octanol–water partition coefficient (Wildman–Crippen LogP) is 1.14. The fourth-order valence-electron chi connectivity index (χ4n) is 2.00. The second kappa shape index (κ2) is 4.30. The molecule has 0 spiro atoms. The van der Waals surface area contributed by atoms with Crippen LogP contribution in [0.2, 0.25) is 0 Å². The van der Waals surface area contributed by atoms with Crippen LogP contribution in [0.4, 0.5) is 0 Å². The topological polar surface area (TPSA) is 79.7 Å². The Morgan fingerprint density at radius 2 is 2.39 bits per heavy atom. The van der Waals surface area contributed by atoms with E-state index in [0.717, 1.165) is 0 Å². The van der Waals surface area contributed by atoms with E-state index in [-0.39, 0.29) is 11.6 Å². The lowest BCUT2D eigenvalue weighted by molar-refractivity contribution is 0.0755. The number of amides is 1. The van der Waals surface area contributed by atoms with E-state index in [4.69, 9.17) is 8.94 Å². The highest BCUT2D eigenvalue weighted by Crippen LogP contribution is 2.22. The Kier molecular flexibility index (Phi) is 2.64. The van der Waals surface area contributed by atoms with Gasteiger partial charge in [-0.25, -0.2) is 0 Å². The predicted molar refractivity (Wildman–Crippen MR) is 60.7 cm³/mol. The van der Waals surface area contributed by atoms with Crippen molar-refractivity contribution in [1.29, 1.82) is 0 Å². The zero-order valence-electron chi connectivity index (χ0n) is 9.57. The third-order valence-electron chi connectivity index (χ3n) is 2.94. The molecule has 6 nitrogen and oxygen atoms in total. The number of β-amino-alcohol motifs (C(OH)–C–C–N with tert-alkyl or cyclic N) is 1. The SMILES string of the molecule is O=C(c1cc(-c2ccco2)on1)N1CC[C@H](O)C1. The Morgan fingerprint density at radius 3 is 3.06 bits per heavy atom. The molecule has 0 aromatic carbocycles. The molecule has 94 valence electrons. The van der Waals surface area contributed by atoms with Gasteiger partial charge in [-0.3, -0.25) is 4.79 Å². The number of aliphatic hydroxyl groups is 1. The van der Waals surface area contributed by atoms with Crippen LogP contribution in [0.5, 0.6) is 0 Å². The van der Waals surface area contributed by atoms with E-state index < -0.39 is 6.10 Å². The Hall–Kier alpha value is -2.08. The molecule has 1 aliphatic heterocycles. The van der Waals surface area contributed by atoms with Crippen molar-refractivity contribution in [2.24, 2.45) is 0 Å². The number of hydrogen-bond donors (Lipinski definition) is 1. The second-order valence-electron chi connectivity index (χ2n) is 4.25. The van der Waals surface area contributed by atoms with Crippen molar-refractivity contribution in [3.05, 3.63) is 30.2 Å². The van der Waals surface area contributed by atoms with Gasteiger partial charge in [-0.1, -0.05) is 5.16 Å². The highest BCUT2D eigenvalue weighted by atomic mass is 16.5.